The molecule has 1 aliphatic rings. The van der Waals surface area contributed by atoms with E-state index in [-0.39, 0.29) is 17.9 Å². The van der Waals surface area contributed by atoms with Gasteiger partial charge in [-0.3, -0.25) is 4.79 Å². The van der Waals surface area contributed by atoms with Crippen LogP contribution in [0, 0.1) is 23.7 Å². The Balaban J connectivity index is 2.45. The quantitative estimate of drug-likeness (QED) is 0.739. The molecule has 19 heavy (non-hydrogen) atoms. The summed E-state index contributed by atoms with van der Waals surface area (Å²) in [6, 6.07) is 0.168. The highest BCUT2D eigenvalue weighted by Gasteiger charge is 2.33. The topological polar surface area (TPSA) is 50.4 Å². The Morgan fingerprint density at radius 1 is 1.21 bits per heavy atom. The van der Waals surface area contributed by atoms with Gasteiger partial charge in [0, 0.05) is 12.6 Å². The number of ether oxygens (including phenoxy) is 1. The Bertz CT molecular complexity index is 271. The van der Waals surface area contributed by atoms with E-state index < -0.39 is 0 Å². The van der Waals surface area contributed by atoms with E-state index in [0.29, 0.717) is 31.0 Å². The van der Waals surface area contributed by atoms with Crippen LogP contribution in [-0.2, 0) is 9.53 Å². The van der Waals surface area contributed by atoms with E-state index in [1.54, 1.807) is 0 Å². The fraction of sp³-hybridized carbons (Fsp3) is 0.933. The summed E-state index contributed by atoms with van der Waals surface area (Å²) < 4.78 is 5.42. The molecule has 1 aliphatic heterocycles. The molecule has 2 N–H and O–H groups in total. The molecule has 0 bridgehead atoms. The zero-order valence-electron chi connectivity index (χ0n) is 13.0. The van der Waals surface area contributed by atoms with E-state index in [1.807, 2.05) is 0 Å². The normalized spacial score (nSPS) is 23.6. The summed E-state index contributed by atoms with van der Waals surface area (Å²) in [4.78, 5) is 12.2. The smallest absolute Gasteiger partial charge is 0.227 e. The fourth-order valence-electron chi connectivity index (χ4n) is 2.87. The lowest BCUT2D eigenvalue weighted by molar-refractivity contribution is -0.125. The fourth-order valence-corrected chi connectivity index (χ4v) is 2.87. The molecule has 2 unspecified atom stereocenters. The van der Waals surface area contributed by atoms with Gasteiger partial charge in [-0.1, -0.05) is 34.6 Å². The van der Waals surface area contributed by atoms with Crippen LogP contribution in [-0.4, -0.2) is 38.3 Å². The van der Waals surface area contributed by atoms with Gasteiger partial charge in [-0.25, -0.2) is 0 Å². The maximum absolute atomic E-state index is 12.2. The van der Waals surface area contributed by atoms with Crippen LogP contribution in [0.3, 0.4) is 0 Å². The summed E-state index contributed by atoms with van der Waals surface area (Å²) >= 11 is 0. The summed E-state index contributed by atoms with van der Waals surface area (Å²) in [5, 5.41) is 6.44. The highest BCUT2D eigenvalue weighted by Crippen LogP contribution is 2.20. The minimum absolute atomic E-state index is 0.0417. The molecule has 1 saturated heterocycles. The molecule has 0 spiro atoms. The monoisotopic (exact) mass is 270 g/mol. The van der Waals surface area contributed by atoms with E-state index >= 15 is 0 Å². The number of carbonyl (C=O) groups is 1. The lowest BCUT2D eigenvalue weighted by Gasteiger charge is -2.26. The summed E-state index contributed by atoms with van der Waals surface area (Å²) in [5.74, 6) is 1.80. The van der Waals surface area contributed by atoms with Crippen LogP contribution < -0.4 is 10.6 Å². The molecular weight excluding hydrogens is 240 g/mol. The standard InChI is InChI=1S/C15H30N2O2/c1-6-16-14-9-19-8-13(14)15(18)17-7-12(10(2)3)11(4)5/h10-14,16H,6-9H2,1-5H3,(H,17,18). The van der Waals surface area contributed by atoms with Crippen LogP contribution in [0.2, 0.25) is 0 Å². The summed E-state index contributed by atoms with van der Waals surface area (Å²) in [6.07, 6.45) is 0. The zero-order valence-corrected chi connectivity index (χ0v) is 13.0. The highest BCUT2D eigenvalue weighted by atomic mass is 16.5. The van der Waals surface area contributed by atoms with Crippen molar-refractivity contribution in [3.8, 4) is 0 Å². The van der Waals surface area contributed by atoms with Crippen molar-refractivity contribution < 1.29 is 9.53 Å². The average molecular weight is 270 g/mol. The first-order valence-electron chi connectivity index (χ1n) is 7.56. The van der Waals surface area contributed by atoms with Gasteiger partial charge in [-0.2, -0.15) is 0 Å². The third-order valence-electron chi connectivity index (χ3n) is 4.11. The zero-order chi connectivity index (χ0) is 14.4. The maximum Gasteiger partial charge on any atom is 0.227 e. The maximum atomic E-state index is 12.2. The molecule has 4 heteroatoms. The van der Waals surface area contributed by atoms with Crippen LogP contribution in [0.15, 0.2) is 0 Å². The predicted octanol–water partition coefficient (Wildman–Crippen LogP) is 1.66. The van der Waals surface area contributed by atoms with Crippen molar-refractivity contribution in [3.05, 3.63) is 0 Å². The van der Waals surface area contributed by atoms with Gasteiger partial charge in [0.15, 0.2) is 0 Å². The van der Waals surface area contributed by atoms with Crippen LogP contribution in [0.4, 0.5) is 0 Å². The van der Waals surface area contributed by atoms with E-state index in [1.165, 1.54) is 0 Å². The average Bonchev–Trinajstić information content (AvgIpc) is 2.76. The number of hydrogen-bond acceptors (Lipinski definition) is 3. The van der Waals surface area contributed by atoms with Crippen molar-refractivity contribution in [3.63, 3.8) is 0 Å². The Morgan fingerprint density at radius 2 is 1.84 bits per heavy atom. The number of hydrogen-bond donors (Lipinski definition) is 2. The highest BCUT2D eigenvalue weighted by molar-refractivity contribution is 5.79. The molecule has 0 aliphatic carbocycles. The van der Waals surface area contributed by atoms with Gasteiger partial charge in [-0.15, -0.1) is 0 Å². The molecule has 0 aromatic carbocycles. The SMILES string of the molecule is CCNC1COCC1C(=O)NCC(C(C)C)C(C)C. The van der Waals surface area contributed by atoms with Crippen LogP contribution in [0.25, 0.3) is 0 Å². The molecule has 0 saturated carbocycles. The van der Waals surface area contributed by atoms with E-state index in [9.17, 15) is 4.79 Å². The lowest BCUT2D eigenvalue weighted by atomic mass is 9.85. The first kappa shape index (κ1) is 16.4. The molecule has 112 valence electrons. The molecule has 2 atom stereocenters. The van der Waals surface area contributed by atoms with E-state index in [2.05, 4.69) is 45.3 Å². The molecule has 0 radical (unpaired) electrons. The number of rotatable bonds is 7. The van der Waals surface area contributed by atoms with Crippen molar-refractivity contribution in [1.82, 2.24) is 10.6 Å². The molecular formula is C15H30N2O2. The van der Waals surface area contributed by atoms with Crippen molar-refractivity contribution in [2.24, 2.45) is 23.7 Å². The minimum atomic E-state index is -0.0417. The molecule has 0 aromatic rings. The number of amides is 1. The van der Waals surface area contributed by atoms with Crippen molar-refractivity contribution in [2.75, 3.05) is 26.3 Å². The minimum Gasteiger partial charge on any atom is -0.379 e. The van der Waals surface area contributed by atoms with Crippen molar-refractivity contribution in [2.45, 2.75) is 40.7 Å². The van der Waals surface area contributed by atoms with Gasteiger partial charge in [0.1, 0.15) is 0 Å². The molecule has 1 fully saturated rings. The van der Waals surface area contributed by atoms with Gasteiger partial charge >= 0.3 is 0 Å². The molecule has 1 rings (SSSR count). The molecule has 0 aromatic heterocycles. The third-order valence-corrected chi connectivity index (χ3v) is 4.11. The van der Waals surface area contributed by atoms with Gasteiger partial charge in [0.2, 0.25) is 5.91 Å². The summed E-state index contributed by atoms with van der Waals surface area (Å²) in [7, 11) is 0. The predicted molar refractivity (Wildman–Crippen MR) is 77.9 cm³/mol. The van der Waals surface area contributed by atoms with Crippen LogP contribution in [0.1, 0.15) is 34.6 Å². The third kappa shape index (κ3) is 4.77. The van der Waals surface area contributed by atoms with Gasteiger partial charge in [-0.05, 0) is 24.3 Å². The molecule has 4 nitrogen and oxygen atoms in total. The van der Waals surface area contributed by atoms with Crippen LogP contribution >= 0.6 is 0 Å². The van der Waals surface area contributed by atoms with Gasteiger partial charge < -0.3 is 15.4 Å². The largest absolute Gasteiger partial charge is 0.379 e. The first-order chi connectivity index (χ1) is 8.97. The van der Waals surface area contributed by atoms with E-state index in [0.717, 1.165) is 13.1 Å². The number of nitrogens with one attached hydrogen (secondary N) is 2. The Labute approximate surface area is 117 Å². The Hall–Kier alpha value is -0.610. The summed E-state index contributed by atoms with van der Waals surface area (Å²) in [5.41, 5.74) is 0. The number of likely N-dealkylation sites (N-methyl/N-ethyl adjacent to an activating group) is 1. The second kappa shape index (κ2) is 7.85. The first-order valence-corrected chi connectivity index (χ1v) is 7.56. The van der Waals surface area contributed by atoms with E-state index in [4.69, 9.17) is 4.74 Å². The lowest BCUT2D eigenvalue weighted by Crippen LogP contribution is -2.45. The van der Waals surface area contributed by atoms with Crippen molar-refractivity contribution in [1.29, 1.82) is 0 Å². The molecule has 1 amide bonds. The summed E-state index contributed by atoms with van der Waals surface area (Å²) in [6.45, 7) is 13.8. The van der Waals surface area contributed by atoms with Crippen molar-refractivity contribution >= 4 is 5.91 Å². The molecule has 1 heterocycles. The Kier molecular flexibility index (Phi) is 6.80. The Morgan fingerprint density at radius 3 is 2.37 bits per heavy atom. The van der Waals surface area contributed by atoms with Crippen LogP contribution in [0.5, 0.6) is 0 Å². The van der Waals surface area contributed by atoms with Gasteiger partial charge in [0.05, 0.1) is 19.1 Å². The second-order valence-corrected chi connectivity index (χ2v) is 6.21. The second-order valence-electron chi connectivity index (χ2n) is 6.21. The number of carbonyl (C=O) groups excluding carboxylic acids is 1. The van der Waals surface area contributed by atoms with Gasteiger partial charge in [0.25, 0.3) is 0 Å².